The number of carbonyl (C=O) groups is 2. The van der Waals surface area contributed by atoms with Crippen molar-refractivity contribution >= 4 is 34.7 Å². The quantitative estimate of drug-likeness (QED) is 0.603. The molecule has 0 aliphatic rings. The Morgan fingerprint density at radius 2 is 1.71 bits per heavy atom. The fraction of sp³-hybridized carbons (Fsp3) is 0.0952. The maximum atomic E-state index is 13.2. The number of benzene rings is 2. The first-order valence-electron chi connectivity index (χ1n) is 8.63. The van der Waals surface area contributed by atoms with Gasteiger partial charge in [-0.2, -0.15) is 0 Å². The van der Waals surface area contributed by atoms with Crippen molar-refractivity contribution in [1.29, 1.82) is 0 Å². The zero-order chi connectivity index (χ0) is 19.9. The van der Waals surface area contributed by atoms with Crippen LogP contribution in [0.25, 0.3) is 0 Å². The molecule has 3 N–H and O–H groups in total. The molecule has 0 aliphatic heterocycles. The van der Waals surface area contributed by atoms with E-state index in [1.807, 2.05) is 12.1 Å². The number of anilines is 4. The Morgan fingerprint density at radius 1 is 0.929 bits per heavy atom. The van der Waals surface area contributed by atoms with Gasteiger partial charge in [0.2, 0.25) is 11.8 Å². The smallest absolute Gasteiger partial charge is 0.228 e. The molecule has 0 fully saturated rings. The van der Waals surface area contributed by atoms with E-state index in [9.17, 15) is 14.0 Å². The lowest BCUT2D eigenvalue weighted by Crippen LogP contribution is -2.14. The van der Waals surface area contributed by atoms with Crippen molar-refractivity contribution in [1.82, 2.24) is 4.98 Å². The molecule has 2 amide bonds. The molecule has 7 heteroatoms. The highest BCUT2D eigenvalue weighted by atomic mass is 19.1. The van der Waals surface area contributed by atoms with Crippen molar-refractivity contribution < 1.29 is 14.0 Å². The predicted octanol–water partition coefficient (Wildman–Crippen LogP) is 4.10. The summed E-state index contributed by atoms with van der Waals surface area (Å²) in [5.41, 5.74) is 2.59. The van der Waals surface area contributed by atoms with Crippen LogP contribution < -0.4 is 16.0 Å². The van der Waals surface area contributed by atoms with Gasteiger partial charge < -0.3 is 16.0 Å². The second-order valence-electron chi connectivity index (χ2n) is 6.17. The van der Waals surface area contributed by atoms with Crippen LogP contribution in [0.1, 0.15) is 12.5 Å². The standard InChI is InChI=1S/C21H19FN4O2/c1-14(27)24-17-6-3-7-18(12-17)25-20-9-8-19(13-23-20)26-21(28)11-15-4-2-5-16(22)10-15/h2-10,12-13H,11H2,1H3,(H,23,25)(H,24,27)(H,26,28). The summed E-state index contributed by atoms with van der Waals surface area (Å²) in [6.07, 6.45) is 1.61. The van der Waals surface area contributed by atoms with Crippen LogP contribution in [-0.4, -0.2) is 16.8 Å². The lowest BCUT2D eigenvalue weighted by atomic mass is 10.1. The minimum atomic E-state index is -0.370. The van der Waals surface area contributed by atoms with E-state index in [0.717, 1.165) is 5.69 Å². The lowest BCUT2D eigenvalue weighted by molar-refractivity contribution is -0.116. The van der Waals surface area contributed by atoms with E-state index in [2.05, 4.69) is 20.9 Å². The summed E-state index contributed by atoms with van der Waals surface area (Å²) in [4.78, 5) is 27.5. The van der Waals surface area contributed by atoms with Crippen LogP contribution >= 0.6 is 0 Å². The number of aromatic nitrogens is 1. The normalized spacial score (nSPS) is 10.2. The minimum absolute atomic E-state index is 0.0771. The first kappa shape index (κ1) is 19.0. The second kappa shape index (κ2) is 8.77. The number of rotatable bonds is 6. The number of hydrogen-bond donors (Lipinski definition) is 3. The Kier molecular flexibility index (Phi) is 5.96. The van der Waals surface area contributed by atoms with Crippen LogP contribution in [0.2, 0.25) is 0 Å². The molecule has 142 valence electrons. The maximum Gasteiger partial charge on any atom is 0.228 e. The number of halogens is 1. The van der Waals surface area contributed by atoms with Crippen LogP contribution in [0.4, 0.5) is 27.3 Å². The molecule has 0 unspecified atom stereocenters. The Hall–Kier alpha value is -3.74. The van der Waals surface area contributed by atoms with Crippen LogP contribution in [0, 0.1) is 5.82 Å². The molecule has 0 atom stereocenters. The number of hydrogen-bond acceptors (Lipinski definition) is 4. The minimum Gasteiger partial charge on any atom is -0.340 e. The molecule has 0 aliphatic carbocycles. The van der Waals surface area contributed by atoms with Gasteiger partial charge >= 0.3 is 0 Å². The van der Waals surface area contributed by atoms with E-state index in [1.165, 1.54) is 25.3 Å². The maximum absolute atomic E-state index is 13.2. The summed E-state index contributed by atoms with van der Waals surface area (Å²) >= 11 is 0. The molecule has 0 saturated heterocycles. The third kappa shape index (κ3) is 5.63. The number of nitrogens with one attached hydrogen (secondary N) is 3. The van der Waals surface area contributed by atoms with Crippen molar-refractivity contribution in [3.05, 3.63) is 78.2 Å². The van der Waals surface area contributed by atoms with E-state index < -0.39 is 0 Å². The molecule has 3 aromatic rings. The molecular weight excluding hydrogens is 359 g/mol. The lowest BCUT2D eigenvalue weighted by Gasteiger charge is -2.09. The number of pyridine rings is 1. The SMILES string of the molecule is CC(=O)Nc1cccc(Nc2ccc(NC(=O)Cc3cccc(F)c3)cn2)c1. The number of carbonyl (C=O) groups excluding carboxylic acids is 2. The predicted molar refractivity (Wildman–Crippen MR) is 107 cm³/mol. The van der Waals surface area contributed by atoms with Gasteiger partial charge in [0.1, 0.15) is 11.6 Å². The van der Waals surface area contributed by atoms with E-state index in [4.69, 9.17) is 0 Å². The van der Waals surface area contributed by atoms with Gasteiger partial charge in [0, 0.05) is 18.3 Å². The number of amides is 2. The van der Waals surface area contributed by atoms with Gasteiger partial charge in [0.25, 0.3) is 0 Å². The molecular formula is C21H19FN4O2. The summed E-state index contributed by atoms with van der Waals surface area (Å²) in [7, 11) is 0. The highest BCUT2D eigenvalue weighted by Crippen LogP contribution is 2.20. The fourth-order valence-electron chi connectivity index (χ4n) is 2.61. The van der Waals surface area contributed by atoms with E-state index in [0.29, 0.717) is 22.8 Å². The molecule has 2 aromatic carbocycles. The van der Waals surface area contributed by atoms with Gasteiger partial charge in [-0.15, -0.1) is 0 Å². The Balaban J connectivity index is 1.59. The molecule has 1 aromatic heterocycles. The molecule has 0 spiro atoms. The second-order valence-corrected chi connectivity index (χ2v) is 6.17. The highest BCUT2D eigenvalue weighted by Gasteiger charge is 2.06. The monoisotopic (exact) mass is 378 g/mol. The van der Waals surface area contributed by atoms with E-state index >= 15 is 0 Å². The van der Waals surface area contributed by atoms with Gasteiger partial charge in [0.15, 0.2) is 0 Å². The molecule has 6 nitrogen and oxygen atoms in total. The molecule has 1 heterocycles. The largest absolute Gasteiger partial charge is 0.340 e. The zero-order valence-electron chi connectivity index (χ0n) is 15.2. The molecule has 0 radical (unpaired) electrons. The third-order valence-electron chi connectivity index (χ3n) is 3.76. The first-order valence-corrected chi connectivity index (χ1v) is 8.63. The van der Waals surface area contributed by atoms with E-state index in [1.54, 1.807) is 36.4 Å². The van der Waals surface area contributed by atoms with Crippen LogP contribution in [-0.2, 0) is 16.0 Å². The van der Waals surface area contributed by atoms with Gasteiger partial charge in [-0.25, -0.2) is 9.37 Å². The van der Waals surface area contributed by atoms with Crippen molar-refractivity contribution in [2.75, 3.05) is 16.0 Å². The fourth-order valence-corrected chi connectivity index (χ4v) is 2.61. The Labute approximate surface area is 161 Å². The van der Waals surface area contributed by atoms with Crippen LogP contribution in [0.15, 0.2) is 66.9 Å². The molecule has 0 saturated carbocycles. The van der Waals surface area contributed by atoms with Crippen molar-refractivity contribution in [3.63, 3.8) is 0 Å². The van der Waals surface area contributed by atoms with Gasteiger partial charge in [-0.05, 0) is 48.0 Å². The van der Waals surface area contributed by atoms with Gasteiger partial charge in [-0.3, -0.25) is 9.59 Å². The first-order chi connectivity index (χ1) is 13.5. The van der Waals surface area contributed by atoms with Crippen molar-refractivity contribution in [2.24, 2.45) is 0 Å². The molecule has 3 rings (SSSR count). The summed E-state index contributed by atoms with van der Waals surface area (Å²) in [5, 5.41) is 8.57. The topological polar surface area (TPSA) is 83.1 Å². The van der Waals surface area contributed by atoms with E-state index in [-0.39, 0.29) is 24.1 Å². The van der Waals surface area contributed by atoms with Crippen molar-refractivity contribution in [3.8, 4) is 0 Å². The summed E-state index contributed by atoms with van der Waals surface area (Å²) in [5.74, 6) is -0.183. The number of nitrogens with zero attached hydrogens (tertiary/aromatic N) is 1. The van der Waals surface area contributed by atoms with Gasteiger partial charge in [0.05, 0.1) is 18.3 Å². The molecule has 0 bridgehead atoms. The Bertz CT molecular complexity index is 990. The Morgan fingerprint density at radius 3 is 2.43 bits per heavy atom. The zero-order valence-corrected chi connectivity index (χ0v) is 15.2. The average Bonchev–Trinajstić information content (AvgIpc) is 2.63. The molecule has 28 heavy (non-hydrogen) atoms. The average molecular weight is 378 g/mol. The van der Waals surface area contributed by atoms with Crippen LogP contribution in [0.3, 0.4) is 0 Å². The third-order valence-corrected chi connectivity index (χ3v) is 3.76. The summed E-state index contributed by atoms with van der Waals surface area (Å²) in [6.45, 7) is 1.45. The van der Waals surface area contributed by atoms with Crippen LogP contribution in [0.5, 0.6) is 0 Å². The van der Waals surface area contributed by atoms with Gasteiger partial charge in [-0.1, -0.05) is 18.2 Å². The van der Waals surface area contributed by atoms with Crippen molar-refractivity contribution in [2.45, 2.75) is 13.3 Å². The summed E-state index contributed by atoms with van der Waals surface area (Å²) < 4.78 is 13.2. The summed E-state index contributed by atoms with van der Waals surface area (Å²) in [6, 6.07) is 16.6. The highest BCUT2D eigenvalue weighted by molar-refractivity contribution is 5.92.